The minimum absolute atomic E-state index is 0.753. The van der Waals surface area contributed by atoms with Gasteiger partial charge in [0.25, 0.3) is 0 Å². The van der Waals surface area contributed by atoms with Crippen LogP contribution in [0.5, 0.6) is 0 Å². The van der Waals surface area contributed by atoms with Gasteiger partial charge in [0.1, 0.15) is 0 Å². The largest absolute Gasteiger partial charge is 0.298 e. The van der Waals surface area contributed by atoms with Crippen LogP contribution >= 0.6 is 49.9 Å². The lowest BCUT2D eigenvalue weighted by atomic mass is 10.1. The first-order valence-corrected chi connectivity index (χ1v) is 6.29. The van der Waals surface area contributed by atoms with Gasteiger partial charge in [-0.05, 0) is 56.0 Å². The van der Waals surface area contributed by atoms with Crippen LogP contribution in [-0.4, -0.2) is 6.29 Å². The van der Waals surface area contributed by atoms with E-state index in [1.54, 1.807) is 11.3 Å². The van der Waals surface area contributed by atoms with Crippen LogP contribution in [-0.2, 0) is 0 Å². The fraction of sp³-hybridized carbons (Fsp3) is 0. The molecule has 0 fully saturated rings. The zero-order valence-corrected chi connectivity index (χ0v) is 10.9. The van der Waals surface area contributed by atoms with Crippen LogP contribution in [0.2, 0.25) is 0 Å². The molecule has 2 aromatic rings. The molecule has 0 saturated carbocycles. The van der Waals surface area contributed by atoms with E-state index in [-0.39, 0.29) is 0 Å². The highest BCUT2D eigenvalue weighted by molar-refractivity contribution is 14.1. The van der Waals surface area contributed by atoms with Crippen molar-refractivity contribution in [1.82, 2.24) is 0 Å². The average molecular weight is 367 g/mol. The third-order valence-corrected chi connectivity index (χ3v) is 5.58. The van der Waals surface area contributed by atoms with Crippen LogP contribution in [0, 0.1) is 3.57 Å². The molecule has 1 heterocycles. The van der Waals surface area contributed by atoms with E-state index in [9.17, 15) is 4.79 Å². The molecule has 2 rings (SSSR count). The lowest BCUT2D eigenvalue weighted by Crippen LogP contribution is -1.84. The molecule has 0 aliphatic carbocycles. The zero-order valence-electron chi connectivity index (χ0n) is 6.38. The predicted octanol–water partition coefficient (Wildman–Crippen LogP) is 4.08. The number of carbonyl (C=O) groups is 1. The molecule has 4 heteroatoms. The van der Waals surface area contributed by atoms with Crippen molar-refractivity contribution < 1.29 is 4.79 Å². The zero-order chi connectivity index (χ0) is 9.42. The van der Waals surface area contributed by atoms with Gasteiger partial charge in [-0.2, -0.15) is 0 Å². The van der Waals surface area contributed by atoms with Crippen molar-refractivity contribution in [3.05, 3.63) is 31.1 Å². The van der Waals surface area contributed by atoms with Crippen LogP contribution in [0.3, 0.4) is 0 Å². The molecule has 0 saturated heterocycles. The number of carbonyl (C=O) groups excluding carboxylic acids is 1. The van der Waals surface area contributed by atoms with Crippen LogP contribution in [0.25, 0.3) is 10.1 Å². The Morgan fingerprint density at radius 3 is 3.00 bits per heavy atom. The summed E-state index contributed by atoms with van der Waals surface area (Å²) in [6.45, 7) is 0. The molecule has 0 bridgehead atoms. The summed E-state index contributed by atoms with van der Waals surface area (Å²) in [5.41, 5.74) is 0.753. The molecular weight excluding hydrogens is 363 g/mol. The molecule has 0 unspecified atom stereocenters. The molecule has 66 valence electrons. The number of hydrogen-bond acceptors (Lipinski definition) is 2. The molecule has 1 aromatic heterocycles. The molecule has 0 atom stereocenters. The third kappa shape index (κ3) is 1.55. The van der Waals surface area contributed by atoms with E-state index in [1.165, 1.54) is 8.27 Å². The summed E-state index contributed by atoms with van der Waals surface area (Å²) in [6, 6.07) is 3.85. The van der Waals surface area contributed by atoms with Crippen LogP contribution in [0.1, 0.15) is 10.4 Å². The number of benzene rings is 1. The molecule has 0 aliphatic heterocycles. The minimum Gasteiger partial charge on any atom is -0.298 e. The molecule has 13 heavy (non-hydrogen) atoms. The topological polar surface area (TPSA) is 17.1 Å². The number of thiophene rings is 1. The Morgan fingerprint density at radius 1 is 1.54 bits per heavy atom. The molecule has 1 aromatic carbocycles. The minimum atomic E-state index is 0.753. The third-order valence-electron chi connectivity index (χ3n) is 1.79. The highest BCUT2D eigenvalue weighted by Crippen LogP contribution is 2.33. The fourth-order valence-electron chi connectivity index (χ4n) is 1.19. The summed E-state index contributed by atoms with van der Waals surface area (Å²) in [7, 11) is 0. The van der Waals surface area contributed by atoms with Gasteiger partial charge in [0.15, 0.2) is 6.29 Å². The van der Waals surface area contributed by atoms with E-state index in [2.05, 4.69) is 38.5 Å². The van der Waals surface area contributed by atoms with Gasteiger partial charge in [-0.15, -0.1) is 11.3 Å². The molecule has 0 amide bonds. The normalized spacial score (nSPS) is 10.6. The number of halogens is 2. The second-order valence-electron chi connectivity index (χ2n) is 2.54. The van der Waals surface area contributed by atoms with E-state index in [0.717, 1.165) is 21.7 Å². The molecule has 1 nitrogen and oxygen atoms in total. The maximum absolute atomic E-state index is 10.8. The SMILES string of the molecule is O=Cc1cc(Br)c(I)c2sccc12. The van der Waals surface area contributed by atoms with Gasteiger partial charge in [0.05, 0.1) is 0 Å². The van der Waals surface area contributed by atoms with Gasteiger partial charge in [-0.1, -0.05) is 0 Å². The highest BCUT2D eigenvalue weighted by Gasteiger charge is 2.08. The Labute approximate surface area is 101 Å². The van der Waals surface area contributed by atoms with E-state index in [0.29, 0.717) is 0 Å². The lowest BCUT2D eigenvalue weighted by molar-refractivity contribution is 0.112. The Bertz CT molecular complexity index is 478. The van der Waals surface area contributed by atoms with Gasteiger partial charge in [-0.3, -0.25) is 4.79 Å². The fourth-order valence-corrected chi connectivity index (χ4v) is 3.46. The van der Waals surface area contributed by atoms with Gasteiger partial charge in [0.2, 0.25) is 0 Å². The van der Waals surface area contributed by atoms with Crippen molar-refractivity contribution in [2.24, 2.45) is 0 Å². The lowest BCUT2D eigenvalue weighted by Gasteiger charge is -2.00. The summed E-state index contributed by atoms with van der Waals surface area (Å²) in [6.07, 6.45) is 0.899. The standard InChI is InChI=1S/C9H4BrIOS/c10-7-3-5(4-12)6-1-2-13-9(6)8(7)11/h1-4H. The van der Waals surface area contributed by atoms with Crippen molar-refractivity contribution in [1.29, 1.82) is 0 Å². The molecule has 0 spiro atoms. The van der Waals surface area contributed by atoms with Gasteiger partial charge in [0, 0.05) is 23.7 Å². The van der Waals surface area contributed by atoms with Crippen molar-refractivity contribution >= 4 is 66.2 Å². The quantitative estimate of drug-likeness (QED) is 0.549. The first-order chi connectivity index (χ1) is 6.24. The van der Waals surface area contributed by atoms with E-state index in [4.69, 9.17) is 0 Å². The Kier molecular flexibility index (Phi) is 2.71. The second kappa shape index (κ2) is 3.67. The van der Waals surface area contributed by atoms with Gasteiger partial charge in [-0.25, -0.2) is 0 Å². The maximum atomic E-state index is 10.8. The van der Waals surface area contributed by atoms with Gasteiger partial charge >= 0.3 is 0 Å². The molecule has 0 N–H and O–H groups in total. The Balaban J connectivity index is 2.95. The maximum Gasteiger partial charge on any atom is 0.150 e. The summed E-state index contributed by atoms with van der Waals surface area (Å²) >= 11 is 7.37. The van der Waals surface area contributed by atoms with Crippen LogP contribution < -0.4 is 0 Å². The smallest absolute Gasteiger partial charge is 0.150 e. The van der Waals surface area contributed by atoms with E-state index >= 15 is 0 Å². The number of rotatable bonds is 1. The Hall–Kier alpha value is 0.0600. The molecule has 0 aliphatic rings. The van der Waals surface area contributed by atoms with Crippen LogP contribution in [0.15, 0.2) is 22.0 Å². The Morgan fingerprint density at radius 2 is 2.31 bits per heavy atom. The molecular formula is C9H4BrIOS. The highest BCUT2D eigenvalue weighted by atomic mass is 127. The predicted molar refractivity (Wildman–Crippen MR) is 67.6 cm³/mol. The summed E-state index contributed by atoms with van der Waals surface area (Å²) < 4.78 is 3.34. The first-order valence-electron chi connectivity index (χ1n) is 3.54. The number of fused-ring (bicyclic) bond motifs is 1. The van der Waals surface area contributed by atoms with Crippen LogP contribution in [0.4, 0.5) is 0 Å². The van der Waals surface area contributed by atoms with Gasteiger partial charge < -0.3 is 0 Å². The summed E-state index contributed by atoms with van der Waals surface area (Å²) in [4.78, 5) is 10.8. The monoisotopic (exact) mass is 366 g/mol. The van der Waals surface area contributed by atoms with Crippen molar-refractivity contribution in [2.45, 2.75) is 0 Å². The summed E-state index contributed by atoms with van der Waals surface area (Å²) in [5.74, 6) is 0. The van der Waals surface area contributed by atoms with E-state index in [1.807, 2.05) is 17.5 Å². The number of aldehydes is 1. The molecule has 0 radical (unpaired) electrons. The van der Waals surface area contributed by atoms with Crippen molar-refractivity contribution in [3.8, 4) is 0 Å². The second-order valence-corrected chi connectivity index (χ2v) is 5.39. The number of hydrogen-bond donors (Lipinski definition) is 0. The van der Waals surface area contributed by atoms with Crippen molar-refractivity contribution in [3.63, 3.8) is 0 Å². The average Bonchev–Trinajstić information content (AvgIpc) is 2.60. The van der Waals surface area contributed by atoms with E-state index < -0.39 is 0 Å². The first kappa shape index (κ1) is 9.61. The van der Waals surface area contributed by atoms with Crippen molar-refractivity contribution in [2.75, 3.05) is 0 Å². The summed E-state index contributed by atoms with van der Waals surface area (Å²) in [5, 5.41) is 3.05.